The lowest BCUT2D eigenvalue weighted by Gasteiger charge is -2.35. The van der Waals surface area contributed by atoms with Crippen molar-refractivity contribution >= 4 is 22.8 Å². The number of methoxy groups -OCH3 is 1. The van der Waals surface area contributed by atoms with Crippen LogP contribution in [0.15, 0.2) is 12.1 Å². The number of aromatic nitrogens is 3. The highest BCUT2D eigenvalue weighted by Gasteiger charge is 2.31. The van der Waals surface area contributed by atoms with E-state index in [1.54, 1.807) is 7.11 Å². The third kappa shape index (κ3) is 2.08. The molecule has 0 aromatic carbocycles. The summed E-state index contributed by atoms with van der Waals surface area (Å²) in [5.74, 6) is 2.30. The third-order valence-corrected chi connectivity index (χ3v) is 4.01. The van der Waals surface area contributed by atoms with Gasteiger partial charge >= 0.3 is 0 Å². The highest BCUT2D eigenvalue weighted by atomic mass is 35.5. The lowest BCUT2D eigenvalue weighted by Crippen LogP contribution is -2.26. The van der Waals surface area contributed by atoms with Gasteiger partial charge in [-0.25, -0.2) is 4.98 Å². The lowest BCUT2D eigenvalue weighted by molar-refractivity contribution is 0.215. The SMILES string of the molecule is COc1ccc2nc(C(C)Cl)n(C3CC(C)C3)c2n1. The summed E-state index contributed by atoms with van der Waals surface area (Å²) in [6.45, 7) is 4.23. The van der Waals surface area contributed by atoms with E-state index >= 15 is 0 Å². The van der Waals surface area contributed by atoms with Gasteiger partial charge in [-0.05, 0) is 31.7 Å². The van der Waals surface area contributed by atoms with E-state index in [2.05, 4.69) is 21.5 Å². The van der Waals surface area contributed by atoms with Crippen LogP contribution in [0, 0.1) is 5.92 Å². The van der Waals surface area contributed by atoms with Gasteiger partial charge in [0.1, 0.15) is 11.3 Å². The summed E-state index contributed by atoms with van der Waals surface area (Å²) in [7, 11) is 1.63. The van der Waals surface area contributed by atoms with Gasteiger partial charge in [-0.15, -0.1) is 11.6 Å². The van der Waals surface area contributed by atoms with Crippen LogP contribution >= 0.6 is 11.6 Å². The predicted molar refractivity (Wildman–Crippen MR) is 75.8 cm³/mol. The van der Waals surface area contributed by atoms with Gasteiger partial charge in [-0.2, -0.15) is 4.98 Å². The Hall–Kier alpha value is -1.29. The van der Waals surface area contributed by atoms with Crippen LogP contribution in [0.4, 0.5) is 0 Å². The Morgan fingerprint density at radius 1 is 1.37 bits per heavy atom. The van der Waals surface area contributed by atoms with Gasteiger partial charge in [0.2, 0.25) is 5.88 Å². The number of imidazole rings is 1. The Labute approximate surface area is 117 Å². The number of halogens is 1. The lowest BCUT2D eigenvalue weighted by atomic mass is 9.81. The highest BCUT2D eigenvalue weighted by molar-refractivity contribution is 6.20. The van der Waals surface area contributed by atoms with Crippen LogP contribution in [0.3, 0.4) is 0 Å². The number of fused-ring (bicyclic) bond motifs is 1. The molecule has 0 spiro atoms. The summed E-state index contributed by atoms with van der Waals surface area (Å²) < 4.78 is 7.42. The van der Waals surface area contributed by atoms with Gasteiger partial charge in [0.05, 0.1) is 12.5 Å². The summed E-state index contributed by atoms with van der Waals surface area (Å²) in [6.07, 6.45) is 2.34. The molecule has 5 heteroatoms. The minimum Gasteiger partial charge on any atom is -0.481 e. The fraction of sp³-hybridized carbons (Fsp3) is 0.571. The maximum atomic E-state index is 6.27. The average Bonchev–Trinajstić information content (AvgIpc) is 2.73. The van der Waals surface area contributed by atoms with E-state index in [4.69, 9.17) is 16.3 Å². The molecule has 2 aromatic heterocycles. The number of rotatable bonds is 3. The molecule has 0 bridgehead atoms. The van der Waals surface area contributed by atoms with Gasteiger partial charge in [-0.3, -0.25) is 0 Å². The zero-order valence-corrected chi connectivity index (χ0v) is 12.2. The Bertz CT molecular complexity index is 602. The smallest absolute Gasteiger partial charge is 0.215 e. The van der Waals surface area contributed by atoms with E-state index in [9.17, 15) is 0 Å². The van der Waals surface area contributed by atoms with Crippen molar-refractivity contribution in [2.75, 3.05) is 7.11 Å². The Morgan fingerprint density at radius 3 is 2.68 bits per heavy atom. The zero-order chi connectivity index (χ0) is 13.6. The Morgan fingerprint density at radius 2 is 2.11 bits per heavy atom. The molecular formula is C14H18ClN3O. The van der Waals surface area contributed by atoms with Gasteiger partial charge < -0.3 is 9.30 Å². The zero-order valence-electron chi connectivity index (χ0n) is 11.4. The highest BCUT2D eigenvalue weighted by Crippen LogP contribution is 2.41. The van der Waals surface area contributed by atoms with Crippen LogP contribution in [0.1, 0.15) is 43.9 Å². The molecule has 2 aromatic rings. The maximum Gasteiger partial charge on any atom is 0.215 e. The topological polar surface area (TPSA) is 39.9 Å². The Balaban J connectivity index is 2.15. The van der Waals surface area contributed by atoms with Crippen molar-refractivity contribution in [1.29, 1.82) is 0 Å². The predicted octanol–water partition coefficient (Wildman–Crippen LogP) is 3.71. The standard InChI is InChI=1S/C14H18ClN3O/c1-8-6-10(7-8)18-13(9(2)15)16-11-4-5-12(19-3)17-14(11)18/h4-5,8-10H,6-7H2,1-3H3. The molecule has 1 aliphatic rings. The number of hydrogen-bond donors (Lipinski definition) is 0. The molecule has 3 rings (SSSR count). The third-order valence-electron chi connectivity index (χ3n) is 3.82. The minimum absolute atomic E-state index is 0.115. The van der Waals surface area contributed by atoms with E-state index < -0.39 is 0 Å². The first-order chi connectivity index (χ1) is 9.10. The number of nitrogens with zero attached hydrogens (tertiary/aromatic N) is 3. The Kier molecular flexibility index (Phi) is 3.13. The molecule has 2 heterocycles. The van der Waals surface area contributed by atoms with Crippen molar-refractivity contribution < 1.29 is 4.74 Å². The molecule has 1 unspecified atom stereocenters. The van der Waals surface area contributed by atoms with Gasteiger partial charge in [0, 0.05) is 12.1 Å². The molecule has 102 valence electrons. The van der Waals surface area contributed by atoms with Gasteiger partial charge in [0.25, 0.3) is 0 Å². The van der Waals surface area contributed by atoms with E-state index in [-0.39, 0.29) is 5.38 Å². The second kappa shape index (κ2) is 4.67. The quantitative estimate of drug-likeness (QED) is 0.804. The fourth-order valence-corrected chi connectivity index (χ4v) is 2.95. The van der Waals surface area contributed by atoms with Crippen LogP contribution in [0.5, 0.6) is 5.88 Å². The first-order valence-corrected chi connectivity index (χ1v) is 7.10. The first kappa shape index (κ1) is 12.7. The maximum absolute atomic E-state index is 6.27. The summed E-state index contributed by atoms with van der Waals surface area (Å²) in [5, 5.41) is -0.115. The largest absolute Gasteiger partial charge is 0.481 e. The number of ether oxygens (including phenoxy) is 1. The molecule has 0 saturated heterocycles. The van der Waals surface area contributed by atoms with Crippen molar-refractivity contribution in [2.24, 2.45) is 5.92 Å². The molecule has 0 amide bonds. The van der Waals surface area contributed by atoms with Crippen molar-refractivity contribution in [3.63, 3.8) is 0 Å². The van der Waals surface area contributed by atoms with Gasteiger partial charge in [-0.1, -0.05) is 6.92 Å². The number of alkyl halides is 1. The van der Waals surface area contributed by atoms with Crippen molar-refractivity contribution in [1.82, 2.24) is 14.5 Å². The van der Waals surface area contributed by atoms with Crippen molar-refractivity contribution in [2.45, 2.75) is 38.1 Å². The molecule has 0 aliphatic heterocycles. The van der Waals surface area contributed by atoms with E-state index in [0.717, 1.165) is 22.9 Å². The van der Waals surface area contributed by atoms with Crippen molar-refractivity contribution in [3.05, 3.63) is 18.0 Å². The van der Waals surface area contributed by atoms with Crippen molar-refractivity contribution in [3.8, 4) is 5.88 Å². The van der Waals surface area contributed by atoms with Crippen LogP contribution in [-0.4, -0.2) is 21.6 Å². The number of hydrogen-bond acceptors (Lipinski definition) is 3. The normalized spacial score (nSPS) is 24.2. The average molecular weight is 280 g/mol. The molecule has 1 aliphatic carbocycles. The molecule has 1 atom stereocenters. The molecule has 19 heavy (non-hydrogen) atoms. The second-order valence-corrected chi connectivity index (χ2v) is 6.04. The van der Waals surface area contributed by atoms with Crippen LogP contribution in [0.25, 0.3) is 11.2 Å². The van der Waals surface area contributed by atoms with Crippen LogP contribution < -0.4 is 4.74 Å². The summed E-state index contributed by atoms with van der Waals surface area (Å²) >= 11 is 6.27. The summed E-state index contributed by atoms with van der Waals surface area (Å²) in [4.78, 5) is 9.17. The monoisotopic (exact) mass is 279 g/mol. The number of pyridine rings is 1. The van der Waals surface area contributed by atoms with E-state index in [1.165, 1.54) is 12.8 Å². The van der Waals surface area contributed by atoms with Gasteiger partial charge in [0.15, 0.2) is 5.65 Å². The molecule has 1 saturated carbocycles. The summed E-state index contributed by atoms with van der Waals surface area (Å²) in [5.41, 5.74) is 1.78. The van der Waals surface area contributed by atoms with Crippen LogP contribution in [-0.2, 0) is 0 Å². The second-order valence-electron chi connectivity index (χ2n) is 5.38. The molecule has 0 N–H and O–H groups in total. The first-order valence-electron chi connectivity index (χ1n) is 6.67. The fourth-order valence-electron chi connectivity index (χ4n) is 2.80. The van der Waals surface area contributed by atoms with E-state index in [0.29, 0.717) is 11.9 Å². The molecular weight excluding hydrogens is 262 g/mol. The molecule has 4 nitrogen and oxygen atoms in total. The minimum atomic E-state index is -0.115. The van der Waals surface area contributed by atoms with E-state index in [1.807, 2.05) is 19.1 Å². The summed E-state index contributed by atoms with van der Waals surface area (Å²) in [6, 6.07) is 4.25. The molecule has 1 fully saturated rings. The van der Waals surface area contributed by atoms with Crippen LogP contribution in [0.2, 0.25) is 0 Å². The molecule has 0 radical (unpaired) electrons.